The summed E-state index contributed by atoms with van der Waals surface area (Å²) in [6.45, 7) is 3.30. The molecule has 0 saturated heterocycles. The second kappa shape index (κ2) is 6.51. The van der Waals surface area contributed by atoms with E-state index in [4.69, 9.17) is 0 Å². The summed E-state index contributed by atoms with van der Waals surface area (Å²) in [5, 5.41) is 7.31. The zero-order chi connectivity index (χ0) is 13.7. The first-order chi connectivity index (χ1) is 9.22. The largest absolute Gasteiger partial charge is 0.377 e. The van der Waals surface area contributed by atoms with Crippen LogP contribution in [0, 0.1) is 0 Å². The fraction of sp³-hybridized carbons (Fsp3) is 0.417. The molecule has 0 aliphatic heterocycles. The number of hydrogen-bond acceptors (Lipinski definition) is 4. The van der Waals surface area contributed by atoms with E-state index in [1.165, 1.54) is 4.68 Å². The summed E-state index contributed by atoms with van der Waals surface area (Å²) < 4.78 is 1.99. The van der Waals surface area contributed by atoms with Crippen molar-refractivity contribution in [1.82, 2.24) is 19.7 Å². The van der Waals surface area contributed by atoms with E-state index in [0.717, 1.165) is 18.5 Å². The van der Waals surface area contributed by atoms with E-state index >= 15 is 0 Å². The van der Waals surface area contributed by atoms with Gasteiger partial charge < -0.3 is 10.3 Å². The summed E-state index contributed by atoms with van der Waals surface area (Å²) in [4.78, 5) is 19.0. The molecule has 0 bridgehead atoms. The predicted molar refractivity (Wildman–Crippen MR) is 77.0 cm³/mol. The summed E-state index contributed by atoms with van der Waals surface area (Å²) in [5.41, 5.74) is 1.53. The molecule has 0 saturated carbocycles. The molecule has 0 aliphatic rings. The molecule has 0 aliphatic carbocycles. The standard InChI is InChI=1S/C12H16BrN5O/c1-2-3-4-18-12(19)11(13)10(7-17-18)15-6-9-5-14-8-16-9/h5,7-8,15H,2-4,6H2,1H3,(H,14,16). The number of hydrogen-bond donors (Lipinski definition) is 2. The van der Waals surface area contributed by atoms with E-state index in [9.17, 15) is 4.79 Å². The van der Waals surface area contributed by atoms with Gasteiger partial charge in [-0.2, -0.15) is 5.10 Å². The van der Waals surface area contributed by atoms with Crippen LogP contribution >= 0.6 is 15.9 Å². The zero-order valence-electron chi connectivity index (χ0n) is 10.7. The van der Waals surface area contributed by atoms with Gasteiger partial charge in [0.2, 0.25) is 0 Å². The molecule has 0 fully saturated rings. The molecule has 0 radical (unpaired) electrons. The average molecular weight is 326 g/mol. The number of aromatic amines is 1. The molecule has 2 N–H and O–H groups in total. The number of unbranched alkanes of at least 4 members (excludes halogenated alkanes) is 1. The van der Waals surface area contributed by atoms with Gasteiger partial charge in [0, 0.05) is 12.7 Å². The van der Waals surface area contributed by atoms with E-state index in [1.807, 2.05) is 0 Å². The van der Waals surface area contributed by atoms with Crippen LogP contribution in [0.25, 0.3) is 0 Å². The van der Waals surface area contributed by atoms with Gasteiger partial charge >= 0.3 is 0 Å². The van der Waals surface area contributed by atoms with Gasteiger partial charge in [0.05, 0.1) is 30.5 Å². The lowest BCUT2D eigenvalue weighted by Gasteiger charge is -2.09. The van der Waals surface area contributed by atoms with Crippen molar-refractivity contribution >= 4 is 21.6 Å². The minimum Gasteiger partial charge on any atom is -0.377 e. The lowest BCUT2D eigenvalue weighted by Crippen LogP contribution is -2.24. The number of aromatic nitrogens is 4. The average Bonchev–Trinajstić information content (AvgIpc) is 2.92. The number of rotatable bonds is 6. The second-order valence-electron chi connectivity index (χ2n) is 4.18. The van der Waals surface area contributed by atoms with Crippen molar-refractivity contribution in [2.75, 3.05) is 5.32 Å². The topological polar surface area (TPSA) is 75.6 Å². The number of nitrogens with zero attached hydrogens (tertiary/aromatic N) is 3. The zero-order valence-corrected chi connectivity index (χ0v) is 12.3. The fourth-order valence-corrected chi connectivity index (χ4v) is 2.07. The Morgan fingerprint density at radius 1 is 1.47 bits per heavy atom. The van der Waals surface area contributed by atoms with Crippen molar-refractivity contribution in [3.8, 4) is 0 Å². The van der Waals surface area contributed by atoms with Gasteiger partial charge in [-0.1, -0.05) is 13.3 Å². The van der Waals surface area contributed by atoms with Crippen LogP contribution in [-0.4, -0.2) is 19.7 Å². The van der Waals surface area contributed by atoms with Crippen LogP contribution in [0.2, 0.25) is 0 Å². The Morgan fingerprint density at radius 3 is 3.00 bits per heavy atom. The van der Waals surface area contributed by atoms with Gasteiger partial charge in [-0.15, -0.1) is 0 Å². The molecule has 2 heterocycles. The Kier molecular flexibility index (Phi) is 4.73. The van der Waals surface area contributed by atoms with E-state index in [0.29, 0.717) is 23.2 Å². The molecule has 0 aromatic carbocycles. The number of anilines is 1. The Hall–Kier alpha value is -1.63. The van der Waals surface area contributed by atoms with Gasteiger partial charge in [-0.3, -0.25) is 4.79 Å². The van der Waals surface area contributed by atoms with Crippen molar-refractivity contribution in [3.05, 3.63) is 39.2 Å². The number of nitrogens with one attached hydrogen (secondary N) is 2. The predicted octanol–water partition coefficient (Wildman–Crippen LogP) is 2.14. The number of halogens is 1. The molecule has 0 amide bonds. The first kappa shape index (κ1) is 13.8. The van der Waals surface area contributed by atoms with Gasteiger partial charge in [-0.25, -0.2) is 9.67 Å². The Bertz CT molecular complexity index is 578. The molecule has 102 valence electrons. The van der Waals surface area contributed by atoms with Gasteiger partial charge in [-0.05, 0) is 22.4 Å². The van der Waals surface area contributed by atoms with E-state index in [-0.39, 0.29) is 5.56 Å². The third-order valence-corrected chi connectivity index (χ3v) is 3.50. The van der Waals surface area contributed by atoms with Crippen LogP contribution in [0.15, 0.2) is 28.0 Å². The van der Waals surface area contributed by atoms with Crippen LogP contribution < -0.4 is 10.9 Å². The van der Waals surface area contributed by atoms with Crippen molar-refractivity contribution in [3.63, 3.8) is 0 Å². The molecule has 7 heteroatoms. The van der Waals surface area contributed by atoms with Crippen molar-refractivity contribution in [1.29, 1.82) is 0 Å². The Morgan fingerprint density at radius 2 is 2.32 bits per heavy atom. The molecule has 0 spiro atoms. The fourth-order valence-electron chi connectivity index (χ4n) is 1.63. The van der Waals surface area contributed by atoms with Crippen LogP contribution in [0.3, 0.4) is 0 Å². The highest BCUT2D eigenvalue weighted by molar-refractivity contribution is 9.10. The maximum atomic E-state index is 12.1. The van der Waals surface area contributed by atoms with Gasteiger partial charge in [0.1, 0.15) is 4.47 Å². The van der Waals surface area contributed by atoms with Crippen LogP contribution in [-0.2, 0) is 13.1 Å². The number of aryl methyl sites for hydroxylation is 1. The number of H-pyrrole nitrogens is 1. The van der Waals surface area contributed by atoms with Gasteiger partial charge in [0.25, 0.3) is 5.56 Å². The second-order valence-corrected chi connectivity index (χ2v) is 4.98. The lowest BCUT2D eigenvalue weighted by atomic mass is 10.3. The van der Waals surface area contributed by atoms with Crippen molar-refractivity contribution in [2.24, 2.45) is 0 Å². The van der Waals surface area contributed by atoms with Gasteiger partial charge in [0.15, 0.2) is 0 Å². The minimum absolute atomic E-state index is 0.108. The third-order valence-electron chi connectivity index (χ3n) is 2.73. The number of imidazole rings is 1. The molecule has 2 rings (SSSR count). The molecule has 6 nitrogen and oxygen atoms in total. The summed E-state index contributed by atoms with van der Waals surface area (Å²) in [7, 11) is 0. The molecule has 2 aromatic rings. The lowest BCUT2D eigenvalue weighted by molar-refractivity contribution is 0.541. The maximum Gasteiger partial charge on any atom is 0.283 e. The monoisotopic (exact) mass is 325 g/mol. The summed E-state index contributed by atoms with van der Waals surface area (Å²) in [5.74, 6) is 0. The van der Waals surface area contributed by atoms with Crippen molar-refractivity contribution < 1.29 is 0 Å². The highest BCUT2D eigenvalue weighted by Gasteiger charge is 2.08. The Balaban J connectivity index is 2.09. The minimum atomic E-state index is -0.108. The van der Waals surface area contributed by atoms with E-state index in [2.05, 4.69) is 43.2 Å². The quantitative estimate of drug-likeness (QED) is 0.853. The summed E-state index contributed by atoms with van der Waals surface area (Å²) in [6.07, 6.45) is 6.99. The van der Waals surface area contributed by atoms with Crippen LogP contribution in [0.5, 0.6) is 0 Å². The highest BCUT2D eigenvalue weighted by Crippen LogP contribution is 2.16. The van der Waals surface area contributed by atoms with E-state index < -0.39 is 0 Å². The molecule has 19 heavy (non-hydrogen) atoms. The molecule has 0 unspecified atom stereocenters. The molecular formula is C12H16BrN5O. The summed E-state index contributed by atoms with van der Waals surface area (Å²) >= 11 is 3.33. The normalized spacial score (nSPS) is 10.6. The first-order valence-corrected chi connectivity index (χ1v) is 6.98. The van der Waals surface area contributed by atoms with E-state index in [1.54, 1.807) is 18.7 Å². The maximum absolute atomic E-state index is 12.1. The highest BCUT2D eigenvalue weighted by atomic mass is 79.9. The molecule has 2 aromatic heterocycles. The molecular weight excluding hydrogens is 310 g/mol. The Labute approximate surface area is 119 Å². The molecule has 0 atom stereocenters. The third kappa shape index (κ3) is 3.44. The van der Waals surface area contributed by atoms with Crippen molar-refractivity contribution in [2.45, 2.75) is 32.9 Å². The van der Waals surface area contributed by atoms with Crippen LogP contribution in [0.4, 0.5) is 5.69 Å². The SMILES string of the molecule is CCCCn1ncc(NCc2cnc[nH]2)c(Br)c1=O. The first-order valence-electron chi connectivity index (χ1n) is 6.19. The summed E-state index contributed by atoms with van der Waals surface area (Å²) in [6, 6.07) is 0. The van der Waals surface area contributed by atoms with Crippen LogP contribution in [0.1, 0.15) is 25.5 Å². The smallest absolute Gasteiger partial charge is 0.283 e.